The zero-order valence-electron chi connectivity index (χ0n) is 16.8. The van der Waals surface area contributed by atoms with E-state index in [2.05, 4.69) is 10.6 Å². The minimum Gasteiger partial charge on any atom is -0.467 e. The first-order valence-corrected chi connectivity index (χ1v) is 10.7. The average molecular weight is 431 g/mol. The molecule has 8 heteroatoms. The number of hydrogen-bond donors (Lipinski definition) is 2. The van der Waals surface area contributed by atoms with Gasteiger partial charge in [-0.1, -0.05) is 60.7 Å². The third kappa shape index (κ3) is 9.00. The molecule has 0 aliphatic heterocycles. The first-order chi connectivity index (χ1) is 14.6. The highest BCUT2D eigenvalue weighted by Crippen LogP contribution is 2.13. The summed E-state index contributed by atoms with van der Waals surface area (Å²) in [6.07, 6.45) is -0.577. The number of thioether (sulfide) groups is 1. The molecule has 160 valence electrons. The van der Waals surface area contributed by atoms with E-state index in [1.807, 2.05) is 60.7 Å². The van der Waals surface area contributed by atoms with Crippen molar-refractivity contribution in [3.8, 4) is 0 Å². The second kappa shape index (κ2) is 13.3. The molecule has 0 radical (unpaired) electrons. The van der Waals surface area contributed by atoms with Gasteiger partial charge in [0.25, 0.3) is 0 Å². The van der Waals surface area contributed by atoms with Crippen LogP contribution in [0, 0.1) is 0 Å². The Labute approximate surface area is 180 Å². The second-order valence-corrected chi connectivity index (χ2v) is 7.41. The lowest BCUT2D eigenvalue weighted by Gasteiger charge is -2.16. The van der Waals surface area contributed by atoms with Gasteiger partial charge in [-0.25, -0.2) is 9.59 Å². The molecule has 0 saturated carbocycles. The first kappa shape index (κ1) is 23.3. The van der Waals surface area contributed by atoms with Crippen LogP contribution in [0.15, 0.2) is 60.7 Å². The van der Waals surface area contributed by atoms with Crippen molar-refractivity contribution in [1.29, 1.82) is 0 Å². The van der Waals surface area contributed by atoms with E-state index in [0.717, 1.165) is 16.9 Å². The highest BCUT2D eigenvalue weighted by atomic mass is 32.2. The Morgan fingerprint density at radius 1 is 0.967 bits per heavy atom. The fraction of sp³-hybridized carbons (Fsp3) is 0.318. The van der Waals surface area contributed by atoms with Crippen molar-refractivity contribution < 1.29 is 23.9 Å². The monoisotopic (exact) mass is 430 g/mol. The normalized spacial score (nSPS) is 11.2. The summed E-state index contributed by atoms with van der Waals surface area (Å²) in [5, 5.41) is 5.18. The summed E-state index contributed by atoms with van der Waals surface area (Å²) in [5.74, 6) is 0.256. The van der Waals surface area contributed by atoms with Crippen LogP contribution in [0.2, 0.25) is 0 Å². The first-order valence-electron chi connectivity index (χ1n) is 9.52. The third-order valence-electron chi connectivity index (χ3n) is 4.05. The van der Waals surface area contributed by atoms with E-state index in [1.165, 1.54) is 18.9 Å². The summed E-state index contributed by atoms with van der Waals surface area (Å²) in [5.41, 5.74) is 2.01. The van der Waals surface area contributed by atoms with E-state index in [0.29, 0.717) is 5.75 Å². The van der Waals surface area contributed by atoms with Crippen molar-refractivity contribution in [2.45, 2.75) is 24.8 Å². The molecule has 2 rings (SSSR count). The second-order valence-electron chi connectivity index (χ2n) is 6.38. The summed E-state index contributed by atoms with van der Waals surface area (Å²) >= 11 is 1.53. The Morgan fingerprint density at radius 3 is 2.23 bits per heavy atom. The Bertz CT molecular complexity index is 802. The van der Waals surface area contributed by atoms with Crippen LogP contribution in [0.1, 0.15) is 17.5 Å². The average Bonchev–Trinajstić information content (AvgIpc) is 2.78. The van der Waals surface area contributed by atoms with Gasteiger partial charge < -0.3 is 20.1 Å². The number of alkyl carbamates (subject to hydrolysis) is 1. The molecule has 0 spiro atoms. The van der Waals surface area contributed by atoms with Gasteiger partial charge in [0.05, 0.1) is 7.11 Å². The smallest absolute Gasteiger partial charge is 0.407 e. The summed E-state index contributed by atoms with van der Waals surface area (Å²) in [6.45, 7) is 0.256. The van der Waals surface area contributed by atoms with Gasteiger partial charge in [0, 0.05) is 24.5 Å². The zero-order valence-corrected chi connectivity index (χ0v) is 17.7. The van der Waals surface area contributed by atoms with Gasteiger partial charge in [-0.3, -0.25) is 4.79 Å². The minimum atomic E-state index is -0.749. The van der Waals surface area contributed by atoms with E-state index in [-0.39, 0.29) is 25.5 Å². The SMILES string of the molecule is COC(=O)[C@@H](CSCc1ccccc1)NC(=O)CCNC(=O)OCc1ccccc1. The number of amides is 2. The molecule has 0 unspecified atom stereocenters. The van der Waals surface area contributed by atoms with Gasteiger partial charge in [-0.15, -0.1) is 0 Å². The maximum absolute atomic E-state index is 12.1. The lowest BCUT2D eigenvalue weighted by atomic mass is 10.2. The van der Waals surface area contributed by atoms with Crippen LogP contribution in [0.25, 0.3) is 0 Å². The number of carbonyl (C=O) groups is 3. The van der Waals surface area contributed by atoms with Gasteiger partial charge >= 0.3 is 12.1 Å². The van der Waals surface area contributed by atoms with E-state index < -0.39 is 18.1 Å². The van der Waals surface area contributed by atoms with Crippen molar-refractivity contribution in [1.82, 2.24) is 10.6 Å². The molecule has 2 aromatic rings. The molecule has 2 amide bonds. The summed E-state index contributed by atoms with van der Waals surface area (Å²) in [6, 6.07) is 18.4. The highest BCUT2D eigenvalue weighted by molar-refractivity contribution is 7.98. The molecule has 0 fully saturated rings. The molecule has 7 nitrogen and oxygen atoms in total. The van der Waals surface area contributed by atoms with E-state index in [4.69, 9.17) is 9.47 Å². The topological polar surface area (TPSA) is 93.7 Å². The lowest BCUT2D eigenvalue weighted by molar-refractivity contribution is -0.144. The van der Waals surface area contributed by atoms with Crippen LogP contribution in [0.3, 0.4) is 0 Å². The molecular formula is C22H26N2O5S. The number of esters is 1. The van der Waals surface area contributed by atoms with Gasteiger partial charge in [0.15, 0.2) is 0 Å². The summed E-state index contributed by atoms with van der Waals surface area (Å²) < 4.78 is 9.86. The van der Waals surface area contributed by atoms with Crippen molar-refractivity contribution in [2.75, 3.05) is 19.4 Å². The van der Waals surface area contributed by atoms with Crippen molar-refractivity contribution >= 4 is 29.7 Å². The Kier molecular flexibility index (Phi) is 10.3. The Hall–Kier alpha value is -3.00. The van der Waals surface area contributed by atoms with Gasteiger partial charge in [0.2, 0.25) is 5.91 Å². The summed E-state index contributed by atoms with van der Waals surface area (Å²) in [7, 11) is 1.29. The number of carbonyl (C=O) groups excluding carboxylic acids is 3. The predicted octanol–water partition coefficient (Wildman–Crippen LogP) is 2.89. The molecule has 30 heavy (non-hydrogen) atoms. The Balaban J connectivity index is 1.67. The predicted molar refractivity (Wildman–Crippen MR) is 116 cm³/mol. The molecule has 0 bridgehead atoms. The lowest BCUT2D eigenvalue weighted by Crippen LogP contribution is -2.44. The quantitative estimate of drug-likeness (QED) is 0.533. The van der Waals surface area contributed by atoms with Crippen LogP contribution in [-0.4, -0.2) is 43.4 Å². The number of ether oxygens (including phenoxy) is 2. The molecule has 0 heterocycles. The zero-order chi connectivity index (χ0) is 21.6. The van der Waals surface area contributed by atoms with Crippen LogP contribution in [0.5, 0.6) is 0 Å². The van der Waals surface area contributed by atoms with E-state index in [9.17, 15) is 14.4 Å². The number of nitrogens with one attached hydrogen (secondary N) is 2. The molecule has 2 aromatic carbocycles. The fourth-order valence-corrected chi connectivity index (χ4v) is 3.50. The fourth-order valence-electron chi connectivity index (χ4n) is 2.50. The van der Waals surface area contributed by atoms with Crippen molar-refractivity contribution in [3.63, 3.8) is 0 Å². The molecule has 1 atom stereocenters. The van der Waals surface area contributed by atoms with Crippen molar-refractivity contribution in [2.24, 2.45) is 0 Å². The van der Waals surface area contributed by atoms with E-state index >= 15 is 0 Å². The maximum Gasteiger partial charge on any atom is 0.407 e. The van der Waals surface area contributed by atoms with Crippen molar-refractivity contribution in [3.05, 3.63) is 71.8 Å². The number of hydrogen-bond acceptors (Lipinski definition) is 6. The molecular weight excluding hydrogens is 404 g/mol. The molecule has 2 N–H and O–H groups in total. The largest absolute Gasteiger partial charge is 0.467 e. The number of rotatable bonds is 11. The number of methoxy groups -OCH3 is 1. The number of benzene rings is 2. The Morgan fingerprint density at radius 2 is 1.60 bits per heavy atom. The van der Waals surface area contributed by atoms with Crippen LogP contribution in [0.4, 0.5) is 4.79 Å². The third-order valence-corrected chi connectivity index (χ3v) is 5.16. The van der Waals surface area contributed by atoms with Gasteiger partial charge in [-0.2, -0.15) is 11.8 Å². The van der Waals surface area contributed by atoms with Gasteiger partial charge in [-0.05, 0) is 11.1 Å². The maximum atomic E-state index is 12.1. The minimum absolute atomic E-state index is 0.0251. The van der Waals surface area contributed by atoms with E-state index in [1.54, 1.807) is 0 Å². The standard InChI is InChI=1S/C22H26N2O5S/c1-28-21(26)19(16-30-15-18-10-6-3-7-11-18)24-20(25)12-13-23-22(27)29-14-17-8-4-2-5-9-17/h2-11,19H,12-16H2,1H3,(H,23,27)(H,24,25)/t19-/m1/s1. The molecule has 0 saturated heterocycles. The van der Waals surface area contributed by atoms with Crippen LogP contribution >= 0.6 is 11.8 Å². The summed E-state index contributed by atoms with van der Waals surface area (Å²) in [4.78, 5) is 35.8. The van der Waals surface area contributed by atoms with Crippen LogP contribution in [-0.2, 0) is 31.4 Å². The van der Waals surface area contributed by atoms with Crippen LogP contribution < -0.4 is 10.6 Å². The molecule has 0 aromatic heterocycles. The molecule has 0 aliphatic carbocycles. The van der Waals surface area contributed by atoms with Gasteiger partial charge in [0.1, 0.15) is 12.6 Å². The molecule has 0 aliphatic rings. The highest BCUT2D eigenvalue weighted by Gasteiger charge is 2.21.